The molecule has 0 amide bonds. The molecule has 0 fully saturated rings. The van der Waals surface area contributed by atoms with Crippen LogP contribution in [-0.2, 0) is 10.8 Å². The minimum atomic E-state index is -1.27. The van der Waals surface area contributed by atoms with E-state index in [9.17, 15) is 0 Å². The van der Waals surface area contributed by atoms with E-state index in [1.165, 1.54) is 16.7 Å². The van der Waals surface area contributed by atoms with Gasteiger partial charge in [-0.2, -0.15) is 0 Å². The van der Waals surface area contributed by atoms with Crippen LogP contribution in [0.4, 0.5) is 0 Å². The van der Waals surface area contributed by atoms with Crippen LogP contribution in [0, 0.1) is 6.92 Å². The third-order valence-corrected chi connectivity index (χ3v) is 7.08. The van der Waals surface area contributed by atoms with E-state index in [-0.39, 0.29) is 10.8 Å². The molecular formula is C27H31O2P. The van der Waals surface area contributed by atoms with Crippen LogP contribution < -0.4 is 14.4 Å². The molecule has 3 aromatic carbocycles. The van der Waals surface area contributed by atoms with Crippen LogP contribution in [0.25, 0.3) is 11.1 Å². The van der Waals surface area contributed by atoms with Gasteiger partial charge >= 0.3 is 8.38 Å². The molecule has 4 rings (SSSR count). The van der Waals surface area contributed by atoms with Gasteiger partial charge in [0.25, 0.3) is 0 Å². The van der Waals surface area contributed by atoms with Crippen LogP contribution >= 0.6 is 8.38 Å². The Kier molecular flexibility index (Phi) is 5.19. The molecule has 1 aliphatic rings. The normalized spacial score (nSPS) is 15.8. The minimum Gasteiger partial charge on any atom is -0.435 e. The molecule has 3 heteroatoms. The fourth-order valence-electron chi connectivity index (χ4n) is 3.80. The molecule has 0 aliphatic carbocycles. The van der Waals surface area contributed by atoms with Crippen molar-refractivity contribution in [2.45, 2.75) is 59.3 Å². The molecule has 0 saturated carbocycles. The first-order chi connectivity index (χ1) is 14.1. The maximum atomic E-state index is 6.74. The molecule has 3 aromatic rings. The molecule has 1 aliphatic heterocycles. The first-order valence-corrected chi connectivity index (χ1v) is 11.7. The Bertz CT molecular complexity index is 1090. The number of hydrogen-bond acceptors (Lipinski definition) is 2. The fraction of sp³-hybridized carbons (Fsp3) is 0.333. The van der Waals surface area contributed by atoms with Crippen molar-refractivity contribution in [2.75, 3.05) is 0 Å². The highest BCUT2D eigenvalue weighted by Gasteiger charge is 2.32. The number of para-hydroxylation sites is 1. The summed E-state index contributed by atoms with van der Waals surface area (Å²) in [5, 5.41) is 1.13. The summed E-state index contributed by atoms with van der Waals surface area (Å²) in [6.45, 7) is 15.7. The minimum absolute atomic E-state index is 0.0378. The summed E-state index contributed by atoms with van der Waals surface area (Å²) in [5.74, 6) is 1.85. The fourth-order valence-corrected chi connectivity index (χ4v) is 5.38. The second-order valence-electron chi connectivity index (χ2n) is 10.1. The van der Waals surface area contributed by atoms with Crippen molar-refractivity contribution in [2.24, 2.45) is 0 Å². The Morgan fingerprint density at radius 1 is 0.767 bits per heavy atom. The number of aryl methyl sites for hydroxylation is 1. The Balaban J connectivity index is 1.82. The topological polar surface area (TPSA) is 18.5 Å². The van der Waals surface area contributed by atoms with Crippen LogP contribution in [0.3, 0.4) is 0 Å². The molecule has 0 saturated heterocycles. The Morgan fingerprint density at radius 2 is 1.40 bits per heavy atom. The van der Waals surface area contributed by atoms with E-state index < -0.39 is 8.38 Å². The highest BCUT2D eigenvalue weighted by atomic mass is 31.2. The number of fused-ring (bicyclic) bond motifs is 3. The lowest BCUT2D eigenvalue weighted by atomic mass is 9.79. The van der Waals surface area contributed by atoms with E-state index in [1.807, 2.05) is 12.1 Å². The van der Waals surface area contributed by atoms with Gasteiger partial charge in [-0.05, 0) is 46.6 Å². The zero-order valence-corrected chi connectivity index (χ0v) is 19.9. The average Bonchev–Trinajstić information content (AvgIpc) is 2.67. The van der Waals surface area contributed by atoms with Crippen molar-refractivity contribution in [3.05, 3.63) is 77.4 Å². The second-order valence-corrected chi connectivity index (χ2v) is 11.5. The molecule has 1 atom stereocenters. The van der Waals surface area contributed by atoms with Crippen molar-refractivity contribution in [3.8, 4) is 22.6 Å². The molecule has 2 nitrogen and oxygen atoms in total. The summed E-state index contributed by atoms with van der Waals surface area (Å²) in [5.41, 5.74) is 6.11. The Hall–Kier alpha value is -2.31. The quantitative estimate of drug-likeness (QED) is 0.398. The van der Waals surface area contributed by atoms with Gasteiger partial charge in [-0.3, -0.25) is 0 Å². The molecule has 1 unspecified atom stereocenters. The lowest BCUT2D eigenvalue weighted by Gasteiger charge is -2.32. The van der Waals surface area contributed by atoms with E-state index in [4.69, 9.17) is 9.05 Å². The third-order valence-electron chi connectivity index (χ3n) is 5.58. The second kappa shape index (κ2) is 7.43. The van der Waals surface area contributed by atoms with Crippen LogP contribution in [-0.4, -0.2) is 0 Å². The van der Waals surface area contributed by atoms with E-state index in [2.05, 4.69) is 97.0 Å². The van der Waals surface area contributed by atoms with Crippen LogP contribution in [0.1, 0.15) is 58.2 Å². The summed E-state index contributed by atoms with van der Waals surface area (Å²) < 4.78 is 13.2. The molecule has 0 radical (unpaired) electrons. The van der Waals surface area contributed by atoms with Gasteiger partial charge in [0.15, 0.2) is 0 Å². The van der Waals surface area contributed by atoms with Crippen molar-refractivity contribution in [1.82, 2.24) is 0 Å². The molecule has 0 spiro atoms. The van der Waals surface area contributed by atoms with E-state index in [1.54, 1.807) is 0 Å². The number of hydrogen-bond donors (Lipinski definition) is 0. The van der Waals surface area contributed by atoms with E-state index >= 15 is 0 Å². The zero-order valence-electron chi connectivity index (χ0n) is 19.0. The summed E-state index contributed by atoms with van der Waals surface area (Å²) >= 11 is 0. The van der Waals surface area contributed by atoms with Crippen LogP contribution in [0.5, 0.6) is 11.5 Å². The van der Waals surface area contributed by atoms with Crippen molar-refractivity contribution >= 4 is 13.7 Å². The van der Waals surface area contributed by atoms with E-state index in [0.717, 1.165) is 27.9 Å². The van der Waals surface area contributed by atoms with Crippen LogP contribution in [0.2, 0.25) is 0 Å². The summed E-state index contributed by atoms with van der Waals surface area (Å²) in [7, 11) is -1.27. The predicted molar refractivity (Wildman–Crippen MR) is 128 cm³/mol. The van der Waals surface area contributed by atoms with Gasteiger partial charge in [-0.15, -0.1) is 0 Å². The lowest BCUT2D eigenvalue weighted by molar-refractivity contribution is 0.476. The molecule has 0 aromatic heterocycles. The number of rotatable bonds is 2. The van der Waals surface area contributed by atoms with Crippen LogP contribution in [0.15, 0.2) is 60.7 Å². The van der Waals surface area contributed by atoms with Crippen molar-refractivity contribution in [3.63, 3.8) is 0 Å². The van der Waals surface area contributed by atoms with Gasteiger partial charge in [-0.25, -0.2) is 0 Å². The average molecular weight is 419 g/mol. The third kappa shape index (κ3) is 3.86. The molecule has 1 heterocycles. The van der Waals surface area contributed by atoms with Gasteiger partial charge in [0.05, 0.1) is 5.30 Å². The summed E-state index contributed by atoms with van der Waals surface area (Å²) in [6.07, 6.45) is 0. The lowest BCUT2D eigenvalue weighted by Crippen LogP contribution is -2.21. The molecule has 0 N–H and O–H groups in total. The number of benzene rings is 3. The predicted octanol–water partition coefficient (Wildman–Crippen LogP) is 7.67. The van der Waals surface area contributed by atoms with Gasteiger partial charge in [0, 0.05) is 11.1 Å². The van der Waals surface area contributed by atoms with Gasteiger partial charge in [0.2, 0.25) is 0 Å². The standard InChI is InChI=1S/C27H31O2P/c1-18-16-19(26(2,3)4)17-22(27(5,6)7)25(18)29-30-24-15-11-9-13-21(24)20-12-8-10-14-23(20)28-30/h8-17H,1-7H3. The monoisotopic (exact) mass is 418 g/mol. The highest BCUT2D eigenvalue weighted by Crippen LogP contribution is 2.51. The van der Waals surface area contributed by atoms with Gasteiger partial charge in [-0.1, -0.05) is 90.1 Å². The first-order valence-electron chi connectivity index (χ1n) is 10.6. The van der Waals surface area contributed by atoms with Gasteiger partial charge in [0.1, 0.15) is 11.5 Å². The van der Waals surface area contributed by atoms with Crippen molar-refractivity contribution in [1.29, 1.82) is 0 Å². The molecule has 0 bridgehead atoms. The van der Waals surface area contributed by atoms with Gasteiger partial charge < -0.3 is 9.05 Å². The summed E-state index contributed by atoms with van der Waals surface area (Å²) in [6, 6.07) is 21.3. The Labute approximate surface area is 182 Å². The molecule has 30 heavy (non-hydrogen) atoms. The maximum Gasteiger partial charge on any atom is 0.326 e. The van der Waals surface area contributed by atoms with E-state index in [0.29, 0.717) is 0 Å². The SMILES string of the molecule is Cc1cc(C(C)(C)C)cc(C(C)(C)C)c1OP1Oc2ccccc2-c2ccccc21. The Morgan fingerprint density at radius 3 is 2.07 bits per heavy atom. The molecule has 156 valence electrons. The smallest absolute Gasteiger partial charge is 0.326 e. The largest absolute Gasteiger partial charge is 0.435 e. The first kappa shape index (κ1) is 20.9. The molecular weight excluding hydrogens is 387 g/mol. The highest BCUT2D eigenvalue weighted by molar-refractivity contribution is 7.57. The summed E-state index contributed by atoms with van der Waals surface area (Å²) in [4.78, 5) is 0. The zero-order chi connectivity index (χ0) is 21.7. The maximum absolute atomic E-state index is 6.74. The van der Waals surface area contributed by atoms with Crippen molar-refractivity contribution < 1.29 is 9.05 Å².